The molecule has 1 rings (SSSR count). The van der Waals surface area contributed by atoms with Crippen LogP contribution in [-0.4, -0.2) is 52.0 Å². The van der Waals surface area contributed by atoms with Gasteiger partial charge in [0.25, 0.3) is 0 Å². The van der Waals surface area contributed by atoms with Gasteiger partial charge in [-0.1, -0.05) is 19.1 Å². The first-order valence-corrected chi connectivity index (χ1v) is 6.60. The van der Waals surface area contributed by atoms with Crippen LogP contribution in [0.5, 0.6) is 0 Å². The molecule has 8 heteroatoms. The predicted molar refractivity (Wildman–Crippen MR) is 72.9 cm³/mol. The summed E-state index contributed by atoms with van der Waals surface area (Å²) in [5.74, 6) is -0.722. The number of carbonyl (C=O) groups excluding carboxylic acids is 2. The Morgan fingerprint density at radius 1 is 1.30 bits per heavy atom. The minimum Gasteiger partial charge on any atom is -0.464 e. The molecule has 0 aromatic carbocycles. The van der Waals surface area contributed by atoms with Crippen LogP contribution in [0.4, 0.5) is 5.82 Å². The summed E-state index contributed by atoms with van der Waals surface area (Å²) >= 11 is 0. The zero-order valence-corrected chi connectivity index (χ0v) is 12.1. The number of anilines is 1. The summed E-state index contributed by atoms with van der Waals surface area (Å²) in [4.78, 5) is 25.3. The molecule has 8 nitrogen and oxygen atoms in total. The van der Waals surface area contributed by atoms with Gasteiger partial charge in [-0.25, -0.2) is 9.48 Å². The number of aromatic nitrogens is 3. The molecule has 2 N–H and O–H groups in total. The van der Waals surface area contributed by atoms with Crippen molar-refractivity contribution >= 4 is 17.7 Å². The lowest BCUT2D eigenvalue weighted by Gasteiger charge is -2.21. The van der Waals surface area contributed by atoms with Gasteiger partial charge in [0.05, 0.1) is 7.11 Å². The van der Waals surface area contributed by atoms with Crippen molar-refractivity contribution in [1.82, 2.24) is 19.9 Å². The Labute approximate surface area is 117 Å². The molecule has 1 aromatic heterocycles. The molecule has 0 aliphatic heterocycles. The number of esters is 1. The highest BCUT2D eigenvalue weighted by molar-refractivity contribution is 5.92. The summed E-state index contributed by atoms with van der Waals surface area (Å²) in [7, 11) is 1.23. The number of carbonyl (C=O) groups is 2. The van der Waals surface area contributed by atoms with Crippen LogP contribution in [0, 0.1) is 0 Å². The molecule has 0 atom stereocenters. The Morgan fingerprint density at radius 3 is 2.40 bits per heavy atom. The number of ether oxygens (including phenoxy) is 1. The van der Waals surface area contributed by atoms with Crippen molar-refractivity contribution in [2.24, 2.45) is 0 Å². The molecule has 0 bridgehead atoms. The first kappa shape index (κ1) is 15.9. The zero-order valence-electron chi connectivity index (χ0n) is 12.1. The average molecular weight is 283 g/mol. The number of hydrogen-bond donors (Lipinski definition) is 1. The number of rotatable bonds is 7. The number of amides is 1. The topological polar surface area (TPSA) is 103 Å². The normalized spacial score (nSPS) is 10.3. The van der Waals surface area contributed by atoms with E-state index in [1.54, 1.807) is 4.90 Å². The zero-order chi connectivity index (χ0) is 15.1. The van der Waals surface area contributed by atoms with Gasteiger partial charge in [0.2, 0.25) is 11.6 Å². The van der Waals surface area contributed by atoms with Crippen molar-refractivity contribution in [2.45, 2.75) is 33.2 Å². The third kappa shape index (κ3) is 3.69. The van der Waals surface area contributed by atoms with Crippen LogP contribution >= 0.6 is 0 Å². The van der Waals surface area contributed by atoms with Gasteiger partial charge in [-0.15, -0.1) is 5.10 Å². The summed E-state index contributed by atoms with van der Waals surface area (Å²) in [6, 6.07) is 0. The maximum absolute atomic E-state index is 12.2. The Hall–Kier alpha value is -2.12. The first-order chi connectivity index (χ1) is 9.54. The molecule has 1 amide bonds. The average Bonchev–Trinajstić information content (AvgIpc) is 2.79. The minimum atomic E-state index is -0.667. The molecule has 0 unspecified atom stereocenters. The standard InChI is InChI=1S/C12H21N5O3/c1-4-6-16(7-5-2)9(18)8-17-11(13)10(14-15-17)12(19)20-3/h4-8,13H2,1-3H3. The smallest absolute Gasteiger partial charge is 0.362 e. The molecular formula is C12H21N5O3. The number of nitrogens with two attached hydrogens (primary N) is 1. The van der Waals surface area contributed by atoms with E-state index in [4.69, 9.17) is 5.73 Å². The van der Waals surface area contributed by atoms with Crippen molar-refractivity contribution in [3.05, 3.63) is 5.69 Å². The van der Waals surface area contributed by atoms with Crippen LogP contribution in [0.15, 0.2) is 0 Å². The highest BCUT2D eigenvalue weighted by atomic mass is 16.5. The molecule has 0 spiro atoms. The first-order valence-electron chi connectivity index (χ1n) is 6.60. The Kier molecular flexibility index (Phi) is 5.95. The second-order valence-electron chi connectivity index (χ2n) is 4.35. The van der Waals surface area contributed by atoms with Gasteiger partial charge in [-0.3, -0.25) is 4.79 Å². The van der Waals surface area contributed by atoms with E-state index in [0.717, 1.165) is 12.8 Å². The molecule has 0 aliphatic rings. The van der Waals surface area contributed by atoms with Crippen molar-refractivity contribution in [2.75, 3.05) is 25.9 Å². The van der Waals surface area contributed by atoms with E-state index < -0.39 is 5.97 Å². The highest BCUT2D eigenvalue weighted by Gasteiger charge is 2.20. The molecule has 1 aromatic rings. The molecule has 0 saturated carbocycles. The van der Waals surface area contributed by atoms with Crippen LogP contribution in [0.1, 0.15) is 37.2 Å². The lowest BCUT2D eigenvalue weighted by Crippen LogP contribution is -2.35. The van der Waals surface area contributed by atoms with Crippen LogP contribution in [-0.2, 0) is 16.1 Å². The van der Waals surface area contributed by atoms with E-state index in [9.17, 15) is 9.59 Å². The molecule has 0 aliphatic carbocycles. The molecule has 0 fully saturated rings. The monoisotopic (exact) mass is 283 g/mol. The van der Waals surface area contributed by atoms with Crippen molar-refractivity contribution in [1.29, 1.82) is 0 Å². The number of methoxy groups -OCH3 is 1. The fourth-order valence-electron chi connectivity index (χ4n) is 1.81. The lowest BCUT2D eigenvalue weighted by molar-refractivity contribution is -0.132. The Balaban J connectivity index is 2.79. The second kappa shape index (κ2) is 7.46. The number of nitrogen functional groups attached to an aromatic ring is 1. The summed E-state index contributed by atoms with van der Waals surface area (Å²) in [5, 5.41) is 7.35. The van der Waals surface area contributed by atoms with Crippen molar-refractivity contribution in [3.63, 3.8) is 0 Å². The van der Waals surface area contributed by atoms with Gasteiger partial charge in [0.1, 0.15) is 6.54 Å². The van der Waals surface area contributed by atoms with Crippen molar-refractivity contribution < 1.29 is 14.3 Å². The van der Waals surface area contributed by atoms with Gasteiger partial charge in [0.15, 0.2) is 5.82 Å². The van der Waals surface area contributed by atoms with Gasteiger partial charge in [0, 0.05) is 13.1 Å². The summed E-state index contributed by atoms with van der Waals surface area (Å²) < 4.78 is 5.75. The molecule has 112 valence electrons. The fourth-order valence-corrected chi connectivity index (χ4v) is 1.81. The maximum Gasteiger partial charge on any atom is 0.362 e. The quantitative estimate of drug-likeness (QED) is 0.722. The van der Waals surface area contributed by atoms with E-state index in [2.05, 4.69) is 15.0 Å². The van der Waals surface area contributed by atoms with E-state index >= 15 is 0 Å². The Bertz CT molecular complexity index is 466. The SMILES string of the molecule is CCCN(CCC)C(=O)Cn1nnc(C(=O)OC)c1N. The van der Waals surface area contributed by atoms with Crippen LogP contribution < -0.4 is 5.73 Å². The predicted octanol–water partition coefficient (Wildman–Crippen LogP) is 0.296. The number of hydrogen-bond acceptors (Lipinski definition) is 6. The van der Waals surface area contributed by atoms with E-state index in [0.29, 0.717) is 13.1 Å². The molecule has 1 heterocycles. The van der Waals surface area contributed by atoms with Crippen molar-refractivity contribution in [3.8, 4) is 0 Å². The third-order valence-electron chi connectivity index (χ3n) is 2.78. The Morgan fingerprint density at radius 2 is 1.90 bits per heavy atom. The van der Waals surface area contributed by atoms with Crippen LogP contribution in [0.3, 0.4) is 0 Å². The summed E-state index contributed by atoms with van der Waals surface area (Å²) in [5.41, 5.74) is 5.67. The maximum atomic E-state index is 12.2. The second-order valence-corrected chi connectivity index (χ2v) is 4.35. The number of nitrogens with zero attached hydrogens (tertiary/aromatic N) is 4. The molecule has 20 heavy (non-hydrogen) atoms. The third-order valence-corrected chi connectivity index (χ3v) is 2.78. The molecule has 0 saturated heterocycles. The largest absolute Gasteiger partial charge is 0.464 e. The fraction of sp³-hybridized carbons (Fsp3) is 0.667. The van der Waals surface area contributed by atoms with E-state index in [1.807, 2.05) is 13.8 Å². The lowest BCUT2D eigenvalue weighted by atomic mass is 10.3. The summed E-state index contributed by atoms with van der Waals surface area (Å²) in [6.07, 6.45) is 1.76. The van der Waals surface area contributed by atoms with E-state index in [-0.39, 0.29) is 24.0 Å². The van der Waals surface area contributed by atoms with Crippen LogP contribution in [0.25, 0.3) is 0 Å². The summed E-state index contributed by atoms with van der Waals surface area (Å²) in [6.45, 7) is 5.36. The van der Waals surface area contributed by atoms with E-state index in [1.165, 1.54) is 11.8 Å². The molecule has 0 radical (unpaired) electrons. The van der Waals surface area contributed by atoms with Crippen LogP contribution in [0.2, 0.25) is 0 Å². The van der Waals surface area contributed by atoms with Gasteiger partial charge in [-0.2, -0.15) is 0 Å². The van der Waals surface area contributed by atoms with Gasteiger partial charge >= 0.3 is 5.97 Å². The highest BCUT2D eigenvalue weighted by Crippen LogP contribution is 2.09. The van der Waals surface area contributed by atoms with Gasteiger partial charge in [-0.05, 0) is 12.8 Å². The van der Waals surface area contributed by atoms with Gasteiger partial charge < -0.3 is 15.4 Å². The molecular weight excluding hydrogens is 262 g/mol. The minimum absolute atomic E-state index is 0.0319.